The SMILES string of the molecule is O=C(Nc1ccc2scnc2c1)C1CCOCC1. The van der Waals surface area contributed by atoms with Crippen LogP contribution in [0.4, 0.5) is 5.69 Å². The molecule has 0 saturated carbocycles. The highest BCUT2D eigenvalue weighted by Crippen LogP contribution is 2.23. The Balaban J connectivity index is 1.72. The van der Waals surface area contributed by atoms with Crippen molar-refractivity contribution >= 4 is 33.1 Å². The molecule has 94 valence electrons. The quantitative estimate of drug-likeness (QED) is 0.905. The number of fused-ring (bicyclic) bond motifs is 1. The smallest absolute Gasteiger partial charge is 0.227 e. The molecule has 0 spiro atoms. The number of amides is 1. The molecule has 1 aliphatic rings. The van der Waals surface area contributed by atoms with Gasteiger partial charge in [0.1, 0.15) is 0 Å². The van der Waals surface area contributed by atoms with Gasteiger partial charge in [0, 0.05) is 24.8 Å². The molecule has 1 amide bonds. The summed E-state index contributed by atoms with van der Waals surface area (Å²) in [5, 5.41) is 2.96. The van der Waals surface area contributed by atoms with Crippen molar-refractivity contribution in [3.8, 4) is 0 Å². The minimum absolute atomic E-state index is 0.0740. The summed E-state index contributed by atoms with van der Waals surface area (Å²) in [5.74, 6) is 0.165. The lowest BCUT2D eigenvalue weighted by molar-refractivity contribution is -0.122. The summed E-state index contributed by atoms with van der Waals surface area (Å²) in [5.41, 5.74) is 3.57. The lowest BCUT2D eigenvalue weighted by atomic mass is 9.99. The molecule has 1 aliphatic heterocycles. The molecular weight excluding hydrogens is 248 g/mol. The van der Waals surface area contributed by atoms with Crippen molar-refractivity contribution in [3.63, 3.8) is 0 Å². The van der Waals surface area contributed by atoms with Crippen molar-refractivity contribution in [2.24, 2.45) is 5.92 Å². The Bertz CT molecular complexity index is 561. The highest BCUT2D eigenvalue weighted by molar-refractivity contribution is 7.16. The fraction of sp³-hybridized carbons (Fsp3) is 0.385. The number of aromatic nitrogens is 1. The third-order valence-corrected chi connectivity index (χ3v) is 4.00. The van der Waals surface area contributed by atoms with Crippen LogP contribution in [-0.2, 0) is 9.53 Å². The number of nitrogens with zero attached hydrogens (tertiary/aromatic N) is 1. The first-order valence-electron chi connectivity index (χ1n) is 6.05. The predicted octanol–water partition coefficient (Wildman–Crippen LogP) is 2.66. The number of hydrogen-bond acceptors (Lipinski definition) is 4. The number of rotatable bonds is 2. The van der Waals surface area contributed by atoms with E-state index in [1.54, 1.807) is 11.3 Å². The van der Waals surface area contributed by atoms with Crippen LogP contribution in [0.25, 0.3) is 10.2 Å². The van der Waals surface area contributed by atoms with Gasteiger partial charge in [0.15, 0.2) is 0 Å². The molecule has 1 aromatic carbocycles. The monoisotopic (exact) mass is 262 g/mol. The zero-order valence-corrected chi connectivity index (χ0v) is 10.7. The molecular formula is C13H14N2O2S. The number of ether oxygens (including phenoxy) is 1. The molecule has 3 rings (SSSR count). The van der Waals surface area contributed by atoms with E-state index >= 15 is 0 Å². The van der Waals surface area contributed by atoms with E-state index in [4.69, 9.17) is 4.74 Å². The topological polar surface area (TPSA) is 51.2 Å². The van der Waals surface area contributed by atoms with E-state index in [2.05, 4.69) is 10.3 Å². The Morgan fingerprint density at radius 2 is 2.22 bits per heavy atom. The second-order valence-corrected chi connectivity index (χ2v) is 5.30. The number of nitrogens with one attached hydrogen (secondary N) is 1. The largest absolute Gasteiger partial charge is 0.381 e. The maximum Gasteiger partial charge on any atom is 0.227 e. The standard InChI is InChI=1S/C13H14N2O2S/c16-13(9-3-5-17-6-4-9)15-10-1-2-12-11(7-10)14-8-18-12/h1-2,7-9H,3-6H2,(H,15,16). The van der Waals surface area contributed by atoms with Crippen LogP contribution < -0.4 is 5.32 Å². The lowest BCUT2D eigenvalue weighted by Crippen LogP contribution is -2.28. The Labute approximate surface area is 109 Å². The second-order valence-electron chi connectivity index (χ2n) is 4.41. The van der Waals surface area contributed by atoms with Gasteiger partial charge in [-0.3, -0.25) is 4.79 Å². The second kappa shape index (κ2) is 5.04. The highest BCUT2D eigenvalue weighted by atomic mass is 32.1. The number of hydrogen-bond donors (Lipinski definition) is 1. The first-order valence-corrected chi connectivity index (χ1v) is 6.93. The van der Waals surface area contributed by atoms with Crippen molar-refractivity contribution in [2.75, 3.05) is 18.5 Å². The van der Waals surface area contributed by atoms with Gasteiger partial charge in [-0.15, -0.1) is 11.3 Å². The van der Waals surface area contributed by atoms with Gasteiger partial charge in [-0.05, 0) is 31.0 Å². The van der Waals surface area contributed by atoms with Crippen LogP contribution in [0.2, 0.25) is 0 Å². The lowest BCUT2D eigenvalue weighted by Gasteiger charge is -2.21. The van der Waals surface area contributed by atoms with Gasteiger partial charge in [-0.25, -0.2) is 4.98 Å². The summed E-state index contributed by atoms with van der Waals surface area (Å²) in [7, 11) is 0. The van der Waals surface area contributed by atoms with E-state index in [1.807, 2.05) is 23.7 Å². The van der Waals surface area contributed by atoms with Crippen LogP contribution in [0, 0.1) is 5.92 Å². The molecule has 1 saturated heterocycles. The fourth-order valence-electron chi connectivity index (χ4n) is 2.14. The molecule has 2 aromatic rings. The molecule has 5 heteroatoms. The number of thiazole rings is 1. The molecule has 1 fully saturated rings. The van der Waals surface area contributed by atoms with Gasteiger partial charge in [-0.2, -0.15) is 0 Å². The van der Waals surface area contributed by atoms with Crippen molar-refractivity contribution in [3.05, 3.63) is 23.7 Å². The normalized spacial score (nSPS) is 16.9. The van der Waals surface area contributed by atoms with Crippen molar-refractivity contribution in [1.29, 1.82) is 0 Å². The van der Waals surface area contributed by atoms with Crippen molar-refractivity contribution in [1.82, 2.24) is 4.98 Å². The van der Waals surface area contributed by atoms with Crippen LogP contribution >= 0.6 is 11.3 Å². The molecule has 1 aromatic heterocycles. The average Bonchev–Trinajstić information content (AvgIpc) is 2.87. The van der Waals surface area contributed by atoms with Crippen LogP contribution in [0.3, 0.4) is 0 Å². The zero-order valence-electron chi connectivity index (χ0n) is 9.89. The summed E-state index contributed by atoms with van der Waals surface area (Å²) < 4.78 is 6.40. The van der Waals surface area contributed by atoms with Gasteiger partial charge in [-0.1, -0.05) is 0 Å². The number of anilines is 1. The predicted molar refractivity (Wildman–Crippen MR) is 71.8 cm³/mol. The highest BCUT2D eigenvalue weighted by Gasteiger charge is 2.21. The van der Waals surface area contributed by atoms with Crippen molar-refractivity contribution < 1.29 is 9.53 Å². The molecule has 18 heavy (non-hydrogen) atoms. The van der Waals surface area contributed by atoms with Gasteiger partial charge in [0.05, 0.1) is 15.7 Å². The van der Waals surface area contributed by atoms with Crippen LogP contribution in [0.5, 0.6) is 0 Å². The third kappa shape index (κ3) is 2.37. The summed E-state index contributed by atoms with van der Waals surface area (Å²) in [6.45, 7) is 1.37. The minimum atomic E-state index is 0.0740. The summed E-state index contributed by atoms with van der Waals surface area (Å²) >= 11 is 1.60. The van der Waals surface area contributed by atoms with E-state index in [0.717, 1.165) is 28.7 Å². The van der Waals surface area contributed by atoms with Gasteiger partial charge in [0.2, 0.25) is 5.91 Å². The van der Waals surface area contributed by atoms with E-state index in [9.17, 15) is 4.79 Å². The number of carbonyl (C=O) groups excluding carboxylic acids is 1. The fourth-order valence-corrected chi connectivity index (χ4v) is 2.80. The molecule has 1 N–H and O–H groups in total. The Hall–Kier alpha value is -1.46. The van der Waals surface area contributed by atoms with E-state index in [0.29, 0.717) is 13.2 Å². The van der Waals surface area contributed by atoms with Gasteiger partial charge < -0.3 is 10.1 Å². The number of benzene rings is 1. The Morgan fingerprint density at radius 1 is 1.39 bits per heavy atom. The van der Waals surface area contributed by atoms with E-state index in [-0.39, 0.29) is 11.8 Å². The molecule has 2 heterocycles. The molecule has 0 bridgehead atoms. The van der Waals surface area contributed by atoms with Gasteiger partial charge in [0.25, 0.3) is 0 Å². The molecule has 0 aliphatic carbocycles. The summed E-state index contributed by atoms with van der Waals surface area (Å²) in [4.78, 5) is 16.3. The molecule has 0 unspecified atom stereocenters. The first kappa shape index (κ1) is 11.6. The van der Waals surface area contributed by atoms with E-state index in [1.165, 1.54) is 0 Å². The van der Waals surface area contributed by atoms with Crippen LogP contribution in [0.1, 0.15) is 12.8 Å². The Morgan fingerprint density at radius 3 is 3.06 bits per heavy atom. The first-order chi connectivity index (χ1) is 8.83. The maximum atomic E-state index is 12.1. The zero-order chi connectivity index (χ0) is 12.4. The minimum Gasteiger partial charge on any atom is -0.381 e. The molecule has 0 atom stereocenters. The number of carbonyl (C=O) groups is 1. The van der Waals surface area contributed by atoms with Crippen molar-refractivity contribution in [2.45, 2.75) is 12.8 Å². The molecule has 0 radical (unpaired) electrons. The maximum absolute atomic E-state index is 12.1. The Kier molecular flexibility index (Phi) is 3.25. The average molecular weight is 262 g/mol. The van der Waals surface area contributed by atoms with Crippen LogP contribution in [-0.4, -0.2) is 24.1 Å². The third-order valence-electron chi connectivity index (χ3n) is 3.19. The molecule has 4 nitrogen and oxygen atoms in total. The van der Waals surface area contributed by atoms with Crippen LogP contribution in [0.15, 0.2) is 23.7 Å². The van der Waals surface area contributed by atoms with Gasteiger partial charge >= 0.3 is 0 Å². The summed E-state index contributed by atoms with van der Waals surface area (Å²) in [6, 6.07) is 5.84. The summed E-state index contributed by atoms with van der Waals surface area (Å²) in [6.07, 6.45) is 1.62. The van der Waals surface area contributed by atoms with E-state index < -0.39 is 0 Å².